The number of nitrogens with one attached hydrogen (secondary N) is 1. The molecule has 2 atom stereocenters. The van der Waals surface area contributed by atoms with Crippen molar-refractivity contribution in [3.8, 4) is 0 Å². The monoisotopic (exact) mass is 306 g/mol. The smallest absolute Gasteiger partial charge is 0.252 e. The van der Waals surface area contributed by atoms with Crippen molar-refractivity contribution in [1.29, 1.82) is 0 Å². The second-order valence-electron chi connectivity index (χ2n) is 5.76. The van der Waals surface area contributed by atoms with Crippen LogP contribution < -0.4 is 5.32 Å². The molecule has 0 saturated carbocycles. The van der Waals surface area contributed by atoms with Crippen LogP contribution in [0.3, 0.4) is 0 Å². The number of ether oxygens (including phenoxy) is 1. The van der Waals surface area contributed by atoms with Gasteiger partial charge in [0.25, 0.3) is 5.91 Å². The minimum absolute atomic E-state index is 0.0145. The molecular formula is C16H19FN2O3. The van der Waals surface area contributed by atoms with Gasteiger partial charge >= 0.3 is 0 Å². The molecule has 2 saturated heterocycles. The van der Waals surface area contributed by atoms with E-state index in [2.05, 4.69) is 5.32 Å². The lowest BCUT2D eigenvalue weighted by Gasteiger charge is -2.41. The first-order valence-electron chi connectivity index (χ1n) is 7.61. The Morgan fingerprint density at radius 1 is 1.32 bits per heavy atom. The van der Waals surface area contributed by atoms with Gasteiger partial charge in [0.05, 0.1) is 19.1 Å². The Morgan fingerprint density at radius 2 is 2.09 bits per heavy atom. The number of piperidine rings is 1. The molecule has 0 unspecified atom stereocenters. The second kappa shape index (κ2) is 6.44. The molecule has 2 aliphatic heterocycles. The van der Waals surface area contributed by atoms with E-state index in [4.69, 9.17) is 4.74 Å². The maximum absolute atomic E-state index is 12.8. The van der Waals surface area contributed by atoms with Gasteiger partial charge in [-0.05, 0) is 43.5 Å². The summed E-state index contributed by atoms with van der Waals surface area (Å²) in [6.45, 7) is 1.25. The third-order valence-corrected chi connectivity index (χ3v) is 4.17. The normalized spacial score (nSPS) is 24.8. The van der Waals surface area contributed by atoms with E-state index >= 15 is 0 Å². The van der Waals surface area contributed by atoms with Crippen molar-refractivity contribution >= 4 is 17.5 Å². The number of benzene rings is 1. The van der Waals surface area contributed by atoms with Crippen molar-refractivity contribution in [3.63, 3.8) is 0 Å². The lowest BCUT2D eigenvalue weighted by Crippen LogP contribution is -2.56. The molecule has 3 rings (SSSR count). The third-order valence-electron chi connectivity index (χ3n) is 4.17. The van der Waals surface area contributed by atoms with E-state index in [1.54, 1.807) is 0 Å². The van der Waals surface area contributed by atoms with E-state index < -0.39 is 6.10 Å². The quantitative estimate of drug-likeness (QED) is 0.928. The number of carbonyl (C=O) groups excluding carboxylic acids is 2. The van der Waals surface area contributed by atoms with Crippen molar-refractivity contribution in [1.82, 2.24) is 4.90 Å². The Balaban J connectivity index is 1.57. The van der Waals surface area contributed by atoms with Crippen LogP contribution in [0.1, 0.15) is 25.7 Å². The van der Waals surface area contributed by atoms with E-state index in [1.807, 2.05) is 4.90 Å². The Morgan fingerprint density at radius 3 is 2.86 bits per heavy atom. The zero-order valence-electron chi connectivity index (χ0n) is 12.3. The number of hydrogen-bond acceptors (Lipinski definition) is 3. The molecule has 2 amide bonds. The van der Waals surface area contributed by atoms with Gasteiger partial charge in [-0.15, -0.1) is 0 Å². The molecule has 118 valence electrons. The molecule has 0 radical (unpaired) electrons. The van der Waals surface area contributed by atoms with Crippen molar-refractivity contribution in [2.24, 2.45) is 0 Å². The van der Waals surface area contributed by atoms with Gasteiger partial charge in [0.1, 0.15) is 11.9 Å². The fourth-order valence-corrected chi connectivity index (χ4v) is 3.01. The molecule has 5 nitrogen and oxygen atoms in total. The summed E-state index contributed by atoms with van der Waals surface area (Å²) in [5.74, 6) is -0.759. The molecule has 2 aliphatic rings. The highest BCUT2D eigenvalue weighted by molar-refractivity contribution is 5.95. The van der Waals surface area contributed by atoms with Crippen LogP contribution in [-0.2, 0) is 14.3 Å². The van der Waals surface area contributed by atoms with Crippen LogP contribution in [0.15, 0.2) is 24.3 Å². The number of morpholine rings is 1. The number of rotatable bonds is 3. The van der Waals surface area contributed by atoms with E-state index in [0.717, 1.165) is 25.8 Å². The lowest BCUT2D eigenvalue weighted by atomic mass is 9.99. The number of hydrogen-bond donors (Lipinski definition) is 1. The lowest BCUT2D eigenvalue weighted by molar-refractivity contribution is -0.163. The summed E-state index contributed by atoms with van der Waals surface area (Å²) in [5.41, 5.74) is 0.505. The second-order valence-corrected chi connectivity index (χ2v) is 5.76. The molecule has 22 heavy (non-hydrogen) atoms. The molecule has 0 spiro atoms. The van der Waals surface area contributed by atoms with Gasteiger partial charge in [-0.3, -0.25) is 9.59 Å². The molecule has 0 aromatic heterocycles. The van der Waals surface area contributed by atoms with Crippen LogP contribution in [0, 0.1) is 5.82 Å². The third kappa shape index (κ3) is 3.27. The van der Waals surface area contributed by atoms with E-state index in [9.17, 15) is 14.0 Å². The summed E-state index contributed by atoms with van der Waals surface area (Å²) >= 11 is 0. The highest BCUT2D eigenvalue weighted by Gasteiger charge is 2.38. The van der Waals surface area contributed by atoms with Crippen molar-refractivity contribution in [2.75, 3.05) is 18.5 Å². The SMILES string of the molecule is O=C(C[C@H]1OC[C@H]2CCCCN2C1=O)Nc1ccc(F)cc1. The van der Waals surface area contributed by atoms with E-state index in [-0.39, 0.29) is 30.1 Å². The summed E-state index contributed by atoms with van der Waals surface area (Å²) in [6.07, 6.45) is 2.37. The molecule has 1 aromatic rings. The maximum atomic E-state index is 12.8. The van der Waals surface area contributed by atoms with Gasteiger partial charge in [-0.1, -0.05) is 0 Å². The van der Waals surface area contributed by atoms with E-state index in [0.29, 0.717) is 12.3 Å². The van der Waals surface area contributed by atoms with Crippen molar-refractivity contribution in [3.05, 3.63) is 30.1 Å². The highest BCUT2D eigenvalue weighted by Crippen LogP contribution is 2.24. The topological polar surface area (TPSA) is 58.6 Å². The molecule has 1 aromatic carbocycles. The number of nitrogens with zero attached hydrogens (tertiary/aromatic N) is 1. The van der Waals surface area contributed by atoms with Gasteiger partial charge in [-0.2, -0.15) is 0 Å². The summed E-state index contributed by atoms with van der Waals surface area (Å²) in [6, 6.07) is 5.68. The average molecular weight is 306 g/mol. The highest BCUT2D eigenvalue weighted by atomic mass is 19.1. The first kappa shape index (κ1) is 15.0. The predicted molar refractivity (Wildman–Crippen MR) is 78.7 cm³/mol. The molecule has 0 aliphatic carbocycles. The Hall–Kier alpha value is -1.95. The molecular weight excluding hydrogens is 287 g/mol. The predicted octanol–water partition coefficient (Wildman–Crippen LogP) is 1.93. The summed E-state index contributed by atoms with van der Waals surface area (Å²) in [4.78, 5) is 26.2. The summed E-state index contributed by atoms with van der Waals surface area (Å²) in [5, 5.41) is 2.65. The van der Waals surface area contributed by atoms with Crippen LogP contribution in [0.25, 0.3) is 0 Å². The van der Waals surface area contributed by atoms with Gasteiger partial charge < -0.3 is 15.0 Å². The van der Waals surface area contributed by atoms with Gasteiger partial charge in [0.15, 0.2) is 0 Å². The maximum Gasteiger partial charge on any atom is 0.252 e. The zero-order chi connectivity index (χ0) is 15.5. The Bertz CT molecular complexity index is 561. The van der Waals surface area contributed by atoms with Crippen molar-refractivity contribution in [2.45, 2.75) is 37.8 Å². The fraction of sp³-hybridized carbons (Fsp3) is 0.500. The van der Waals surface area contributed by atoms with E-state index in [1.165, 1.54) is 24.3 Å². The molecule has 2 heterocycles. The van der Waals surface area contributed by atoms with Gasteiger partial charge in [0, 0.05) is 12.2 Å². The number of amides is 2. The van der Waals surface area contributed by atoms with Crippen LogP contribution >= 0.6 is 0 Å². The van der Waals surface area contributed by atoms with Crippen molar-refractivity contribution < 1.29 is 18.7 Å². The van der Waals surface area contributed by atoms with Crippen LogP contribution in [0.2, 0.25) is 0 Å². The molecule has 6 heteroatoms. The van der Waals surface area contributed by atoms with Gasteiger partial charge in [0.2, 0.25) is 5.91 Å². The molecule has 1 N–H and O–H groups in total. The number of anilines is 1. The minimum Gasteiger partial charge on any atom is -0.366 e. The van der Waals surface area contributed by atoms with Crippen LogP contribution in [-0.4, -0.2) is 42.0 Å². The number of carbonyl (C=O) groups is 2. The van der Waals surface area contributed by atoms with Crippen LogP contribution in [0.5, 0.6) is 0 Å². The summed E-state index contributed by atoms with van der Waals surface area (Å²) in [7, 11) is 0. The minimum atomic E-state index is -0.713. The number of fused-ring (bicyclic) bond motifs is 1. The molecule has 2 fully saturated rings. The fourth-order valence-electron chi connectivity index (χ4n) is 3.01. The standard InChI is InChI=1S/C16H19FN2O3/c17-11-4-6-12(7-5-11)18-15(20)9-14-16(21)19-8-2-1-3-13(19)10-22-14/h4-7,13-14H,1-3,8-10H2,(H,18,20)/t13-,14-/m1/s1. The van der Waals surface area contributed by atoms with Crippen LogP contribution in [0.4, 0.5) is 10.1 Å². The summed E-state index contributed by atoms with van der Waals surface area (Å²) < 4.78 is 18.4. The van der Waals surface area contributed by atoms with Gasteiger partial charge in [-0.25, -0.2) is 4.39 Å². The zero-order valence-corrected chi connectivity index (χ0v) is 12.3. The largest absolute Gasteiger partial charge is 0.366 e. The first-order valence-corrected chi connectivity index (χ1v) is 7.61. The Kier molecular flexibility index (Phi) is 4.38. The average Bonchev–Trinajstić information content (AvgIpc) is 2.53. The molecule has 0 bridgehead atoms. The Labute approximate surface area is 128 Å². The number of halogens is 1. The first-order chi connectivity index (χ1) is 10.6.